The molecule has 0 aliphatic carbocycles. The SMILES string of the molecule is CCN1CCN(C(=O)CCC2CCN(C(=O)[C@@H]3CCOC3)CC2)CC1. The molecule has 0 radical (unpaired) electrons. The Hall–Kier alpha value is -1.14. The van der Waals surface area contributed by atoms with E-state index >= 15 is 0 Å². The summed E-state index contributed by atoms with van der Waals surface area (Å²) in [6, 6.07) is 0. The molecule has 2 amide bonds. The number of likely N-dealkylation sites (N-methyl/N-ethyl adjacent to an activating group) is 1. The number of amides is 2. The Balaban J connectivity index is 1.33. The minimum Gasteiger partial charge on any atom is -0.381 e. The Kier molecular flexibility index (Phi) is 6.70. The molecule has 0 aromatic rings. The molecule has 0 saturated carbocycles. The van der Waals surface area contributed by atoms with E-state index in [2.05, 4.69) is 11.8 Å². The van der Waals surface area contributed by atoms with Crippen LogP contribution in [0.25, 0.3) is 0 Å². The summed E-state index contributed by atoms with van der Waals surface area (Å²) in [5, 5.41) is 0. The fraction of sp³-hybridized carbons (Fsp3) is 0.895. The maximum Gasteiger partial charge on any atom is 0.228 e. The summed E-state index contributed by atoms with van der Waals surface area (Å²) in [5.41, 5.74) is 0. The summed E-state index contributed by atoms with van der Waals surface area (Å²) in [7, 11) is 0. The van der Waals surface area contributed by atoms with E-state index in [0.29, 0.717) is 24.9 Å². The monoisotopic (exact) mass is 351 g/mol. The molecule has 0 bridgehead atoms. The molecule has 0 aromatic carbocycles. The van der Waals surface area contributed by atoms with E-state index < -0.39 is 0 Å². The van der Waals surface area contributed by atoms with Crippen molar-refractivity contribution >= 4 is 11.8 Å². The van der Waals surface area contributed by atoms with Gasteiger partial charge in [-0.15, -0.1) is 0 Å². The molecule has 0 aromatic heterocycles. The van der Waals surface area contributed by atoms with Crippen molar-refractivity contribution in [2.75, 3.05) is 59.0 Å². The third kappa shape index (κ3) is 4.94. The first-order valence-corrected chi connectivity index (χ1v) is 10.0. The van der Waals surface area contributed by atoms with Gasteiger partial charge in [0.15, 0.2) is 0 Å². The molecule has 1 atom stereocenters. The molecule has 0 spiro atoms. The number of likely N-dealkylation sites (tertiary alicyclic amines) is 1. The maximum atomic E-state index is 12.4. The van der Waals surface area contributed by atoms with Gasteiger partial charge in [-0.05, 0) is 38.1 Å². The van der Waals surface area contributed by atoms with Gasteiger partial charge in [0, 0.05) is 52.3 Å². The molecule has 3 aliphatic rings. The maximum absolute atomic E-state index is 12.4. The zero-order valence-electron chi connectivity index (χ0n) is 15.6. The van der Waals surface area contributed by atoms with Crippen LogP contribution in [0.15, 0.2) is 0 Å². The van der Waals surface area contributed by atoms with Gasteiger partial charge < -0.3 is 19.4 Å². The van der Waals surface area contributed by atoms with Gasteiger partial charge in [0.05, 0.1) is 12.5 Å². The number of piperidine rings is 1. The zero-order valence-corrected chi connectivity index (χ0v) is 15.6. The topological polar surface area (TPSA) is 53.1 Å². The van der Waals surface area contributed by atoms with Crippen LogP contribution >= 0.6 is 0 Å². The van der Waals surface area contributed by atoms with Crippen molar-refractivity contribution in [3.63, 3.8) is 0 Å². The second kappa shape index (κ2) is 8.99. The predicted molar refractivity (Wildman–Crippen MR) is 96.2 cm³/mol. The van der Waals surface area contributed by atoms with Crippen molar-refractivity contribution in [1.29, 1.82) is 0 Å². The van der Waals surface area contributed by atoms with E-state index in [1.807, 2.05) is 9.80 Å². The number of hydrogen-bond donors (Lipinski definition) is 0. The average Bonchev–Trinajstić information content (AvgIpc) is 3.21. The molecule has 6 heteroatoms. The number of ether oxygens (including phenoxy) is 1. The first kappa shape index (κ1) is 18.6. The number of nitrogens with zero attached hydrogens (tertiary/aromatic N) is 3. The van der Waals surface area contributed by atoms with Gasteiger partial charge in [-0.1, -0.05) is 6.92 Å². The Bertz CT molecular complexity index is 449. The van der Waals surface area contributed by atoms with Crippen molar-refractivity contribution < 1.29 is 14.3 Å². The summed E-state index contributed by atoms with van der Waals surface area (Å²) in [5.74, 6) is 1.27. The molecule has 0 unspecified atom stereocenters. The molecule has 3 aliphatic heterocycles. The third-order valence-electron chi connectivity index (χ3n) is 6.14. The second-order valence-electron chi connectivity index (χ2n) is 7.68. The number of rotatable bonds is 5. The Morgan fingerprint density at radius 2 is 1.68 bits per heavy atom. The number of carbonyl (C=O) groups excluding carboxylic acids is 2. The van der Waals surface area contributed by atoms with Crippen LogP contribution < -0.4 is 0 Å². The number of carbonyl (C=O) groups is 2. The molecule has 142 valence electrons. The van der Waals surface area contributed by atoms with Crippen molar-refractivity contribution in [2.45, 2.75) is 39.0 Å². The van der Waals surface area contributed by atoms with Gasteiger partial charge in [-0.2, -0.15) is 0 Å². The predicted octanol–water partition coefficient (Wildman–Crippen LogP) is 1.21. The standard InChI is InChI=1S/C19H33N3O3/c1-2-20-10-12-21(13-11-20)18(23)4-3-16-5-8-22(9-6-16)19(24)17-7-14-25-15-17/h16-17H,2-15H2,1H3/t17-/m1/s1. The largest absolute Gasteiger partial charge is 0.381 e. The summed E-state index contributed by atoms with van der Waals surface area (Å²) in [6.45, 7) is 10.0. The summed E-state index contributed by atoms with van der Waals surface area (Å²) >= 11 is 0. The lowest BCUT2D eigenvalue weighted by atomic mass is 9.91. The van der Waals surface area contributed by atoms with Crippen LogP contribution in [-0.2, 0) is 14.3 Å². The highest BCUT2D eigenvalue weighted by molar-refractivity contribution is 5.79. The van der Waals surface area contributed by atoms with Crippen LogP contribution in [0.5, 0.6) is 0 Å². The van der Waals surface area contributed by atoms with Gasteiger partial charge in [0.2, 0.25) is 11.8 Å². The molecule has 3 saturated heterocycles. The Morgan fingerprint density at radius 3 is 2.28 bits per heavy atom. The minimum atomic E-state index is 0.0833. The lowest BCUT2D eigenvalue weighted by Gasteiger charge is -2.35. The highest BCUT2D eigenvalue weighted by atomic mass is 16.5. The Labute approximate surface area is 151 Å². The first-order valence-electron chi connectivity index (χ1n) is 10.0. The van der Waals surface area contributed by atoms with Crippen molar-refractivity contribution in [3.05, 3.63) is 0 Å². The van der Waals surface area contributed by atoms with E-state index in [1.165, 1.54) is 0 Å². The average molecular weight is 351 g/mol. The fourth-order valence-electron chi connectivity index (χ4n) is 4.23. The zero-order chi connectivity index (χ0) is 17.6. The molecule has 0 N–H and O–H groups in total. The molecule has 3 rings (SSSR count). The molecule has 3 heterocycles. The number of piperazine rings is 1. The van der Waals surface area contributed by atoms with Gasteiger partial charge >= 0.3 is 0 Å². The van der Waals surface area contributed by atoms with Crippen LogP contribution in [0.3, 0.4) is 0 Å². The normalized spacial score (nSPS) is 26.2. The van der Waals surface area contributed by atoms with E-state index in [1.54, 1.807) is 0 Å². The van der Waals surface area contributed by atoms with Crippen molar-refractivity contribution in [2.24, 2.45) is 11.8 Å². The van der Waals surface area contributed by atoms with Gasteiger partial charge in [-0.25, -0.2) is 0 Å². The number of hydrogen-bond acceptors (Lipinski definition) is 4. The minimum absolute atomic E-state index is 0.0833. The van der Waals surface area contributed by atoms with Gasteiger partial charge in [-0.3, -0.25) is 9.59 Å². The lowest BCUT2D eigenvalue weighted by molar-refractivity contribution is -0.137. The van der Waals surface area contributed by atoms with Crippen LogP contribution in [0.2, 0.25) is 0 Å². The van der Waals surface area contributed by atoms with Crippen molar-refractivity contribution in [1.82, 2.24) is 14.7 Å². The van der Waals surface area contributed by atoms with E-state index in [0.717, 1.165) is 78.1 Å². The molecule has 3 fully saturated rings. The highest BCUT2D eigenvalue weighted by Crippen LogP contribution is 2.25. The second-order valence-corrected chi connectivity index (χ2v) is 7.68. The van der Waals surface area contributed by atoms with Gasteiger partial charge in [0.1, 0.15) is 0 Å². The third-order valence-corrected chi connectivity index (χ3v) is 6.14. The molecule has 25 heavy (non-hydrogen) atoms. The van der Waals surface area contributed by atoms with Crippen LogP contribution in [0.1, 0.15) is 39.0 Å². The van der Waals surface area contributed by atoms with Crippen LogP contribution in [-0.4, -0.2) is 85.5 Å². The summed E-state index contributed by atoms with van der Waals surface area (Å²) < 4.78 is 5.33. The van der Waals surface area contributed by atoms with Crippen molar-refractivity contribution in [3.8, 4) is 0 Å². The first-order chi connectivity index (χ1) is 12.2. The molecular formula is C19H33N3O3. The Morgan fingerprint density at radius 1 is 0.960 bits per heavy atom. The smallest absolute Gasteiger partial charge is 0.228 e. The summed E-state index contributed by atoms with van der Waals surface area (Å²) in [6.07, 6.45) is 4.59. The quantitative estimate of drug-likeness (QED) is 0.747. The highest BCUT2D eigenvalue weighted by Gasteiger charge is 2.31. The van der Waals surface area contributed by atoms with Crippen LogP contribution in [0, 0.1) is 11.8 Å². The van der Waals surface area contributed by atoms with E-state index in [4.69, 9.17) is 4.74 Å². The molecular weight excluding hydrogens is 318 g/mol. The molecule has 6 nitrogen and oxygen atoms in total. The van der Waals surface area contributed by atoms with E-state index in [9.17, 15) is 9.59 Å². The van der Waals surface area contributed by atoms with Crippen LogP contribution in [0.4, 0.5) is 0 Å². The lowest BCUT2D eigenvalue weighted by Crippen LogP contribution is -2.48. The van der Waals surface area contributed by atoms with Gasteiger partial charge in [0.25, 0.3) is 0 Å². The summed E-state index contributed by atoms with van der Waals surface area (Å²) in [4.78, 5) is 31.3. The van der Waals surface area contributed by atoms with E-state index in [-0.39, 0.29) is 11.8 Å². The fourth-order valence-corrected chi connectivity index (χ4v) is 4.23.